The Labute approximate surface area is 120 Å². The van der Waals surface area contributed by atoms with Crippen molar-refractivity contribution in [2.75, 3.05) is 13.2 Å². The lowest BCUT2D eigenvalue weighted by atomic mass is 9.91. The molecule has 5 nitrogen and oxygen atoms in total. The van der Waals surface area contributed by atoms with Crippen LogP contribution < -0.4 is 0 Å². The zero-order valence-electron chi connectivity index (χ0n) is 12.6. The van der Waals surface area contributed by atoms with Gasteiger partial charge in [-0.15, -0.1) is 0 Å². The van der Waals surface area contributed by atoms with Gasteiger partial charge < -0.3 is 14.2 Å². The second kappa shape index (κ2) is 7.55. The van der Waals surface area contributed by atoms with E-state index in [0.717, 1.165) is 19.3 Å². The van der Waals surface area contributed by atoms with E-state index in [1.54, 1.807) is 0 Å². The molecule has 1 aliphatic heterocycles. The normalized spacial score (nSPS) is 26.1. The molecule has 1 heterocycles. The summed E-state index contributed by atoms with van der Waals surface area (Å²) in [7, 11) is 0. The van der Waals surface area contributed by atoms with Crippen LogP contribution >= 0.6 is 0 Å². The van der Waals surface area contributed by atoms with Crippen molar-refractivity contribution in [3.05, 3.63) is 12.2 Å². The van der Waals surface area contributed by atoms with Crippen molar-refractivity contribution in [1.29, 1.82) is 0 Å². The minimum Gasteiger partial charge on any atom is -0.388 e. The van der Waals surface area contributed by atoms with Gasteiger partial charge in [-0.05, 0) is 20.3 Å². The van der Waals surface area contributed by atoms with Gasteiger partial charge in [0.25, 0.3) is 0 Å². The summed E-state index contributed by atoms with van der Waals surface area (Å²) in [6.07, 6.45) is 2.92. The molecule has 0 saturated carbocycles. The maximum absolute atomic E-state index is 12.1. The molecule has 0 spiro atoms. The number of hydrogen-bond donors (Lipinski definition) is 0. The SMILES string of the molecule is C=C(C)C(=O)OC(=O)C1OCCOC1(C)CCCCC. The number of esters is 2. The van der Waals surface area contributed by atoms with Crippen molar-refractivity contribution in [2.24, 2.45) is 0 Å². The first-order valence-electron chi connectivity index (χ1n) is 7.08. The lowest BCUT2D eigenvalue weighted by Gasteiger charge is -2.39. The first-order chi connectivity index (χ1) is 9.40. The molecule has 1 saturated heterocycles. The number of rotatable bonds is 6. The van der Waals surface area contributed by atoms with Gasteiger partial charge in [-0.2, -0.15) is 0 Å². The van der Waals surface area contributed by atoms with E-state index in [0.29, 0.717) is 19.6 Å². The van der Waals surface area contributed by atoms with Crippen molar-refractivity contribution in [3.63, 3.8) is 0 Å². The van der Waals surface area contributed by atoms with Gasteiger partial charge in [0.15, 0.2) is 6.10 Å². The van der Waals surface area contributed by atoms with Crippen molar-refractivity contribution in [2.45, 2.75) is 58.2 Å². The van der Waals surface area contributed by atoms with Crippen LogP contribution in [0.25, 0.3) is 0 Å². The topological polar surface area (TPSA) is 61.8 Å². The van der Waals surface area contributed by atoms with E-state index < -0.39 is 23.6 Å². The molecule has 0 radical (unpaired) electrons. The van der Waals surface area contributed by atoms with Gasteiger partial charge in [-0.1, -0.05) is 32.8 Å². The number of hydrogen-bond acceptors (Lipinski definition) is 5. The molecule has 1 rings (SSSR count). The fourth-order valence-electron chi connectivity index (χ4n) is 2.17. The van der Waals surface area contributed by atoms with Crippen LogP contribution in [-0.2, 0) is 23.8 Å². The van der Waals surface area contributed by atoms with Gasteiger partial charge in [-0.3, -0.25) is 0 Å². The molecule has 1 fully saturated rings. The van der Waals surface area contributed by atoms with Crippen LogP contribution in [0.5, 0.6) is 0 Å². The summed E-state index contributed by atoms with van der Waals surface area (Å²) in [4.78, 5) is 23.5. The number of unbranched alkanes of at least 4 members (excludes halogenated alkanes) is 2. The predicted molar refractivity (Wildman–Crippen MR) is 74.2 cm³/mol. The van der Waals surface area contributed by atoms with Crippen molar-refractivity contribution < 1.29 is 23.8 Å². The quantitative estimate of drug-likeness (QED) is 0.324. The molecule has 0 aromatic heterocycles. The molecule has 2 unspecified atom stereocenters. The van der Waals surface area contributed by atoms with E-state index >= 15 is 0 Å². The Morgan fingerprint density at radius 2 is 2.05 bits per heavy atom. The predicted octanol–water partition coefficient (Wildman–Crippen LogP) is 2.39. The van der Waals surface area contributed by atoms with Crippen LogP contribution in [0, 0.1) is 0 Å². The second-order valence-corrected chi connectivity index (χ2v) is 5.36. The molecule has 0 bridgehead atoms. The summed E-state index contributed by atoms with van der Waals surface area (Å²) < 4.78 is 16.0. The zero-order chi connectivity index (χ0) is 15.2. The van der Waals surface area contributed by atoms with Gasteiger partial charge in [0.1, 0.15) is 5.60 Å². The van der Waals surface area contributed by atoms with Crippen LogP contribution in [0.4, 0.5) is 0 Å². The monoisotopic (exact) mass is 284 g/mol. The highest BCUT2D eigenvalue weighted by molar-refractivity contribution is 5.96. The van der Waals surface area contributed by atoms with Crippen LogP contribution in [0.15, 0.2) is 12.2 Å². The van der Waals surface area contributed by atoms with E-state index in [4.69, 9.17) is 14.2 Å². The summed E-state index contributed by atoms with van der Waals surface area (Å²) in [5.74, 6) is -1.42. The Morgan fingerprint density at radius 1 is 1.35 bits per heavy atom. The second-order valence-electron chi connectivity index (χ2n) is 5.36. The zero-order valence-corrected chi connectivity index (χ0v) is 12.6. The summed E-state index contributed by atoms with van der Waals surface area (Å²) in [5.41, 5.74) is -0.553. The molecule has 0 aromatic rings. The number of ether oxygens (including phenoxy) is 3. The number of carbonyl (C=O) groups excluding carboxylic acids is 2. The van der Waals surface area contributed by atoms with Crippen molar-refractivity contribution in [3.8, 4) is 0 Å². The third-order valence-electron chi connectivity index (χ3n) is 3.39. The highest BCUT2D eigenvalue weighted by Gasteiger charge is 2.45. The molecular weight excluding hydrogens is 260 g/mol. The van der Waals surface area contributed by atoms with Gasteiger partial charge in [0.2, 0.25) is 0 Å². The highest BCUT2D eigenvalue weighted by atomic mass is 16.6. The van der Waals surface area contributed by atoms with Crippen molar-refractivity contribution >= 4 is 11.9 Å². The molecule has 2 atom stereocenters. The lowest BCUT2D eigenvalue weighted by molar-refractivity contribution is -0.214. The molecule has 0 N–H and O–H groups in total. The molecule has 5 heteroatoms. The molecule has 20 heavy (non-hydrogen) atoms. The third-order valence-corrected chi connectivity index (χ3v) is 3.39. The molecular formula is C15H24O5. The Morgan fingerprint density at radius 3 is 2.65 bits per heavy atom. The fraction of sp³-hybridized carbons (Fsp3) is 0.733. The van der Waals surface area contributed by atoms with Crippen LogP contribution in [-0.4, -0.2) is 36.9 Å². The van der Waals surface area contributed by atoms with Gasteiger partial charge in [0, 0.05) is 5.57 Å². The fourth-order valence-corrected chi connectivity index (χ4v) is 2.17. The minimum absolute atomic E-state index is 0.183. The standard InChI is InChI=1S/C15H24O5/c1-5-6-7-8-15(4)12(18-9-10-19-15)14(17)20-13(16)11(2)3/h12H,2,5-10H2,1,3-4H3. The summed E-state index contributed by atoms with van der Waals surface area (Å²) in [6, 6.07) is 0. The Kier molecular flexibility index (Phi) is 6.36. The van der Waals surface area contributed by atoms with Crippen LogP contribution in [0.3, 0.4) is 0 Å². The summed E-state index contributed by atoms with van der Waals surface area (Å²) in [6.45, 7) is 9.66. The van der Waals surface area contributed by atoms with E-state index in [9.17, 15) is 9.59 Å². The largest absolute Gasteiger partial charge is 0.388 e. The summed E-state index contributed by atoms with van der Waals surface area (Å²) in [5, 5.41) is 0. The molecule has 0 amide bonds. The third kappa shape index (κ3) is 4.42. The van der Waals surface area contributed by atoms with E-state index in [1.165, 1.54) is 6.92 Å². The average Bonchev–Trinajstić information content (AvgIpc) is 2.39. The van der Waals surface area contributed by atoms with E-state index in [-0.39, 0.29) is 5.57 Å². The minimum atomic E-state index is -0.864. The lowest BCUT2D eigenvalue weighted by Crippen LogP contribution is -2.53. The molecule has 1 aliphatic rings. The maximum Gasteiger partial charge on any atom is 0.346 e. The first-order valence-corrected chi connectivity index (χ1v) is 7.08. The Hall–Kier alpha value is -1.20. The first kappa shape index (κ1) is 16.9. The van der Waals surface area contributed by atoms with Gasteiger partial charge in [0.05, 0.1) is 13.2 Å². The molecule has 0 aliphatic carbocycles. The molecule has 114 valence electrons. The van der Waals surface area contributed by atoms with Gasteiger partial charge >= 0.3 is 11.9 Å². The smallest absolute Gasteiger partial charge is 0.346 e. The van der Waals surface area contributed by atoms with E-state index in [1.807, 2.05) is 6.92 Å². The Bertz CT molecular complexity index is 376. The van der Waals surface area contributed by atoms with Crippen molar-refractivity contribution in [1.82, 2.24) is 0 Å². The Balaban J connectivity index is 2.69. The van der Waals surface area contributed by atoms with Crippen LogP contribution in [0.2, 0.25) is 0 Å². The average molecular weight is 284 g/mol. The number of carbonyl (C=O) groups is 2. The highest BCUT2D eigenvalue weighted by Crippen LogP contribution is 2.29. The van der Waals surface area contributed by atoms with Gasteiger partial charge in [-0.25, -0.2) is 9.59 Å². The summed E-state index contributed by atoms with van der Waals surface area (Å²) >= 11 is 0. The maximum atomic E-state index is 12.1. The molecule has 0 aromatic carbocycles. The van der Waals surface area contributed by atoms with Crippen LogP contribution in [0.1, 0.15) is 46.5 Å². The van der Waals surface area contributed by atoms with E-state index in [2.05, 4.69) is 13.5 Å².